The summed E-state index contributed by atoms with van der Waals surface area (Å²) in [5.41, 5.74) is 0.951. The highest BCUT2D eigenvalue weighted by molar-refractivity contribution is 5.29. The van der Waals surface area contributed by atoms with Gasteiger partial charge in [0.05, 0.1) is 0 Å². The Hall–Kier alpha value is -1.30. The van der Waals surface area contributed by atoms with E-state index in [9.17, 15) is 17.6 Å². The first kappa shape index (κ1) is 14.1. The molecule has 2 rings (SSSR count). The topological polar surface area (TPSA) is 21.3 Å². The third kappa shape index (κ3) is 3.59. The summed E-state index contributed by atoms with van der Waals surface area (Å²) in [6.07, 6.45) is -5.08. The van der Waals surface area contributed by atoms with Crippen molar-refractivity contribution in [2.24, 2.45) is 0 Å². The van der Waals surface area contributed by atoms with E-state index < -0.39 is 12.5 Å². The Balaban J connectivity index is 2.02. The third-order valence-electron chi connectivity index (χ3n) is 3.10. The molecule has 2 nitrogen and oxygen atoms in total. The van der Waals surface area contributed by atoms with Crippen LogP contribution < -0.4 is 10.1 Å². The normalized spacial score (nSPS) is 20.6. The van der Waals surface area contributed by atoms with Crippen LogP contribution in [0.3, 0.4) is 0 Å². The summed E-state index contributed by atoms with van der Waals surface area (Å²) in [4.78, 5) is 0. The molecule has 0 bridgehead atoms. The molecule has 0 radical (unpaired) electrons. The van der Waals surface area contributed by atoms with Gasteiger partial charge in [0, 0.05) is 6.04 Å². The SMILES string of the molecule is FC(F)C(F)(F)Oc1ccc([C@H]2CCCCN2)cc1. The van der Waals surface area contributed by atoms with Crippen LogP contribution in [0.25, 0.3) is 0 Å². The maximum atomic E-state index is 12.7. The molecule has 1 aliphatic rings. The molecule has 1 heterocycles. The van der Waals surface area contributed by atoms with Crippen molar-refractivity contribution in [3.63, 3.8) is 0 Å². The molecule has 1 aliphatic heterocycles. The van der Waals surface area contributed by atoms with E-state index in [2.05, 4.69) is 10.1 Å². The van der Waals surface area contributed by atoms with Crippen LogP contribution in [0, 0.1) is 0 Å². The molecule has 0 spiro atoms. The minimum absolute atomic E-state index is 0.193. The highest BCUT2D eigenvalue weighted by Gasteiger charge is 2.43. The van der Waals surface area contributed by atoms with Crippen LogP contribution in [-0.4, -0.2) is 19.1 Å². The Kier molecular flexibility index (Phi) is 4.29. The molecule has 1 aromatic rings. The number of halogens is 4. The van der Waals surface area contributed by atoms with Gasteiger partial charge in [0.15, 0.2) is 0 Å². The smallest absolute Gasteiger partial charge is 0.428 e. The molecule has 6 heteroatoms. The number of alkyl halides is 4. The Labute approximate surface area is 108 Å². The molecular formula is C13H15F4NO. The Bertz CT molecular complexity index is 402. The molecule has 1 N–H and O–H groups in total. The van der Waals surface area contributed by atoms with E-state index in [1.165, 1.54) is 12.1 Å². The summed E-state index contributed by atoms with van der Waals surface area (Å²) in [7, 11) is 0. The zero-order valence-electron chi connectivity index (χ0n) is 10.2. The fourth-order valence-electron chi connectivity index (χ4n) is 2.11. The van der Waals surface area contributed by atoms with Crippen LogP contribution in [0.15, 0.2) is 24.3 Å². The van der Waals surface area contributed by atoms with Gasteiger partial charge in [-0.05, 0) is 37.1 Å². The first-order valence-corrected chi connectivity index (χ1v) is 6.17. The lowest BCUT2D eigenvalue weighted by molar-refractivity contribution is -0.253. The van der Waals surface area contributed by atoms with Gasteiger partial charge in [0.1, 0.15) is 5.75 Å². The van der Waals surface area contributed by atoms with Crippen molar-refractivity contribution in [2.45, 2.75) is 37.8 Å². The van der Waals surface area contributed by atoms with Gasteiger partial charge in [-0.2, -0.15) is 17.6 Å². The second-order valence-electron chi connectivity index (χ2n) is 4.54. The van der Waals surface area contributed by atoms with E-state index in [-0.39, 0.29) is 11.8 Å². The molecule has 1 atom stereocenters. The predicted molar refractivity (Wildman–Crippen MR) is 62.6 cm³/mol. The van der Waals surface area contributed by atoms with Gasteiger partial charge < -0.3 is 10.1 Å². The van der Waals surface area contributed by atoms with Crippen molar-refractivity contribution >= 4 is 0 Å². The summed E-state index contributed by atoms with van der Waals surface area (Å²) < 4.78 is 53.4. The third-order valence-corrected chi connectivity index (χ3v) is 3.10. The number of hydrogen-bond acceptors (Lipinski definition) is 2. The lowest BCUT2D eigenvalue weighted by atomic mass is 9.98. The number of ether oxygens (including phenoxy) is 1. The number of benzene rings is 1. The zero-order valence-corrected chi connectivity index (χ0v) is 10.2. The van der Waals surface area contributed by atoms with Crippen molar-refractivity contribution < 1.29 is 22.3 Å². The van der Waals surface area contributed by atoms with Crippen molar-refractivity contribution in [1.29, 1.82) is 0 Å². The lowest BCUT2D eigenvalue weighted by Gasteiger charge is -2.24. The van der Waals surface area contributed by atoms with Crippen LogP contribution in [0.2, 0.25) is 0 Å². The summed E-state index contributed by atoms with van der Waals surface area (Å²) in [6.45, 7) is 0.923. The summed E-state index contributed by atoms with van der Waals surface area (Å²) in [5.74, 6) is -0.259. The highest BCUT2D eigenvalue weighted by atomic mass is 19.3. The molecule has 1 aromatic carbocycles. The Morgan fingerprint density at radius 1 is 1.16 bits per heavy atom. The van der Waals surface area contributed by atoms with Gasteiger partial charge in [-0.1, -0.05) is 18.6 Å². The maximum absolute atomic E-state index is 12.7. The van der Waals surface area contributed by atoms with E-state index in [1.807, 2.05) is 0 Å². The predicted octanol–water partition coefficient (Wildman–Crippen LogP) is 3.74. The number of rotatable bonds is 4. The largest absolute Gasteiger partial charge is 0.461 e. The van der Waals surface area contributed by atoms with E-state index in [4.69, 9.17) is 0 Å². The van der Waals surface area contributed by atoms with Crippen molar-refractivity contribution in [1.82, 2.24) is 5.32 Å². The van der Waals surface area contributed by atoms with Gasteiger partial charge >= 0.3 is 12.5 Å². The van der Waals surface area contributed by atoms with Crippen LogP contribution >= 0.6 is 0 Å². The van der Waals surface area contributed by atoms with E-state index in [0.29, 0.717) is 0 Å². The Morgan fingerprint density at radius 3 is 2.37 bits per heavy atom. The standard InChI is InChI=1S/C13H15F4NO/c14-12(15)13(16,17)19-10-6-4-9(5-7-10)11-3-1-2-8-18-11/h4-7,11-12,18H,1-3,8H2/t11-/m1/s1. The Morgan fingerprint density at radius 2 is 1.84 bits per heavy atom. The van der Waals surface area contributed by atoms with Gasteiger partial charge in [-0.15, -0.1) is 0 Å². The number of hydrogen-bond donors (Lipinski definition) is 1. The molecule has 1 fully saturated rings. The van der Waals surface area contributed by atoms with Crippen molar-refractivity contribution in [2.75, 3.05) is 6.54 Å². The second-order valence-corrected chi connectivity index (χ2v) is 4.54. The summed E-state index contributed by atoms with van der Waals surface area (Å²) >= 11 is 0. The minimum Gasteiger partial charge on any atom is -0.428 e. The quantitative estimate of drug-likeness (QED) is 0.846. The highest BCUT2D eigenvalue weighted by Crippen LogP contribution is 2.29. The molecule has 19 heavy (non-hydrogen) atoms. The molecule has 0 amide bonds. The van der Waals surface area contributed by atoms with Crippen LogP contribution in [0.4, 0.5) is 17.6 Å². The van der Waals surface area contributed by atoms with E-state index in [0.717, 1.165) is 31.4 Å². The monoisotopic (exact) mass is 277 g/mol. The van der Waals surface area contributed by atoms with Crippen LogP contribution in [-0.2, 0) is 0 Å². The first-order valence-electron chi connectivity index (χ1n) is 6.17. The fourth-order valence-corrected chi connectivity index (χ4v) is 2.11. The molecular weight excluding hydrogens is 262 g/mol. The molecule has 0 unspecified atom stereocenters. The molecule has 0 saturated carbocycles. The average Bonchev–Trinajstić information content (AvgIpc) is 2.40. The fraction of sp³-hybridized carbons (Fsp3) is 0.538. The number of piperidine rings is 1. The number of nitrogens with one attached hydrogen (secondary N) is 1. The van der Waals surface area contributed by atoms with E-state index >= 15 is 0 Å². The van der Waals surface area contributed by atoms with Gasteiger partial charge in [0.25, 0.3) is 0 Å². The zero-order chi connectivity index (χ0) is 13.9. The lowest BCUT2D eigenvalue weighted by Crippen LogP contribution is -2.33. The molecule has 106 valence electrons. The van der Waals surface area contributed by atoms with Gasteiger partial charge in [-0.25, -0.2) is 0 Å². The summed E-state index contributed by atoms with van der Waals surface area (Å²) in [6, 6.07) is 6.03. The van der Waals surface area contributed by atoms with Gasteiger partial charge in [-0.3, -0.25) is 0 Å². The first-order chi connectivity index (χ1) is 8.99. The van der Waals surface area contributed by atoms with E-state index in [1.54, 1.807) is 12.1 Å². The second kappa shape index (κ2) is 5.77. The van der Waals surface area contributed by atoms with Crippen LogP contribution in [0.5, 0.6) is 5.75 Å². The van der Waals surface area contributed by atoms with Crippen molar-refractivity contribution in [3.05, 3.63) is 29.8 Å². The summed E-state index contributed by atoms with van der Waals surface area (Å²) in [5, 5.41) is 3.31. The molecule has 0 aromatic heterocycles. The van der Waals surface area contributed by atoms with Gasteiger partial charge in [0.2, 0.25) is 0 Å². The van der Waals surface area contributed by atoms with Crippen LogP contribution in [0.1, 0.15) is 30.9 Å². The van der Waals surface area contributed by atoms with Crippen molar-refractivity contribution in [3.8, 4) is 5.75 Å². The minimum atomic E-state index is -4.45. The average molecular weight is 277 g/mol. The maximum Gasteiger partial charge on any atom is 0.461 e. The molecule has 1 saturated heterocycles. The molecule has 0 aliphatic carbocycles.